The van der Waals surface area contributed by atoms with Gasteiger partial charge in [-0.25, -0.2) is 4.39 Å². The zero-order valence-electron chi connectivity index (χ0n) is 23.2. The first-order valence-corrected chi connectivity index (χ1v) is 13.6. The van der Waals surface area contributed by atoms with Crippen LogP contribution in [0.1, 0.15) is 44.1 Å². The van der Waals surface area contributed by atoms with Crippen LogP contribution in [0.15, 0.2) is 36.4 Å². The van der Waals surface area contributed by atoms with E-state index in [-0.39, 0.29) is 37.1 Å². The Hall–Kier alpha value is -2.72. The minimum atomic E-state index is -1.65. The summed E-state index contributed by atoms with van der Waals surface area (Å²) in [5.41, 5.74) is 4.70. The van der Waals surface area contributed by atoms with Gasteiger partial charge >= 0.3 is 0 Å². The van der Waals surface area contributed by atoms with Crippen molar-refractivity contribution in [1.82, 2.24) is 4.90 Å². The van der Waals surface area contributed by atoms with Crippen molar-refractivity contribution in [1.29, 1.82) is 0 Å². The highest BCUT2D eigenvalue weighted by molar-refractivity contribution is 5.72. The number of ether oxygens (including phenoxy) is 4. The summed E-state index contributed by atoms with van der Waals surface area (Å²) in [7, 11) is 4.71. The van der Waals surface area contributed by atoms with Crippen molar-refractivity contribution in [3.8, 4) is 22.6 Å². The van der Waals surface area contributed by atoms with Gasteiger partial charge in [0.15, 0.2) is 0 Å². The summed E-state index contributed by atoms with van der Waals surface area (Å²) in [6.45, 7) is 1.41. The van der Waals surface area contributed by atoms with E-state index in [1.54, 1.807) is 42.3 Å². The largest absolute Gasteiger partial charge is 0.497 e. The van der Waals surface area contributed by atoms with E-state index in [9.17, 15) is 9.90 Å². The fourth-order valence-electron chi connectivity index (χ4n) is 6.45. The fraction of sp³-hybridized carbons (Fsp3) is 0.567. The van der Waals surface area contributed by atoms with Crippen molar-refractivity contribution in [2.75, 3.05) is 47.6 Å². The quantitative estimate of drug-likeness (QED) is 0.309. The highest BCUT2D eigenvalue weighted by Gasteiger charge is 2.60. The Morgan fingerprint density at radius 1 is 1.18 bits per heavy atom. The molecule has 39 heavy (non-hydrogen) atoms. The number of morpholine rings is 1. The molecule has 0 radical (unpaired) electrons. The third kappa shape index (κ3) is 5.77. The van der Waals surface area contributed by atoms with E-state index >= 15 is 4.39 Å². The van der Waals surface area contributed by atoms with Crippen molar-refractivity contribution < 1.29 is 33.2 Å². The summed E-state index contributed by atoms with van der Waals surface area (Å²) in [5.74, 6) is 0.387. The Balaban J connectivity index is 1.95. The van der Waals surface area contributed by atoms with Crippen LogP contribution in [0.2, 0.25) is 0 Å². The molecule has 0 spiro atoms. The second-order valence-corrected chi connectivity index (χ2v) is 10.7. The summed E-state index contributed by atoms with van der Waals surface area (Å²) < 4.78 is 38.7. The predicted octanol–water partition coefficient (Wildman–Crippen LogP) is 3.87. The third-order valence-corrected chi connectivity index (χ3v) is 8.39. The number of halogens is 1. The van der Waals surface area contributed by atoms with E-state index in [1.807, 2.05) is 0 Å². The Kier molecular flexibility index (Phi) is 9.48. The number of nitrogens with zero attached hydrogens (tertiary/aromatic N) is 1. The number of benzene rings is 2. The number of hydrogen-bond donors (Lipinski definition) is 2. The van der Waals surface area contributed by atoms with Gasteiger partial charge in [0.1, 0.15) is 28.5 Å². The number of carbonyl (C=O) groups excluding carboxylic acids is 1. The molecule has 2 aromatic carbocycles. The van der Waals surface area contributed by atoms with Gasteiger partial charge in [-0.15, -0.1) is 0 Å². The van der Waals surface area contributed by atoms with E-state index < -0.39 is 17.0 Å². The van der Waals surface area contributed by atoms with E-state index in [1.165, 1.54) is 20.3 Å². The number of unbranched alkanes of at least 4 members (excludes halogenated alkanes) is 1. The first-order chi connectivity index (χ1) is 18.8. The Morgan fingerprint density at radius 2 is 1.92 bits per heavy atom. The van der Waals surface area contributed by atoms with Crippen LogP contribution >= 0.6 is 0 Å². The molecule has 1 aliphatic carbocycles. The molecule has 2 fully saturated rings. The molecule has 2 aromatic rings. The first-order valence-electron chi connectivity index (χ1n) is 13.6. The summed E-state index contributed by atoms with van der Waals surface area (Å²) in [5, 5.41) is 13.1. The van der Waals surface area contributed by atoms with Crippen molar-refractivity contribution in [2.45, 2.75) is 55.8 Å². The Morgan fingerprint density at radius 3 is 2.54 bits per heavy atom. The van der Waals surface area contributed by atoms with Crippen LogP contribution in [0.4, 0.5) is 4.39 Å². The highest BCUT2D eigenvalue weighted by Crippen LogP contribution is 2.53. The number of methoxy groups -OCH3 is 3. The van der Waals surface area contributed by atoms with Crippen LogP contribution in [-0.2, 0) is 19.9 Å². The monoisotopic (exact) mass is 544 g/mol. The number of hydrogen-bond acceptors (Lipinski definition) is 7. The maximum absolute atomic E-state index is 15.9. The number of amides is 1. The molecule has 3 N–H and O–H groups in total. The molecular weight excluding hydrogens is 503 g/mol. The standard InChI is InChI=1S/C30H41FN2O6/c1-36-13-5-4-11-29(35,30(22-9-10-23(32)17-22)19-33(20-34)12-14-39-30)26-7-6-8-27(31)28(26)21-15-24(37-2)18-25(16-21)38-3/h6-8,15-16,18,20,22-23,35H,4-5,9-14,17,19,32H2,1-3H3/t22-,23+,29-,30+/m1/s1. The summed E-state index contributed by atoms with van der Waals surface area (Å²) in [6, 6.07) is 9.90. The molecule has 1 saturated carbocycles. The van der Waals surface area contributed by atoms with Crippen molar-refractivity contribution in [2.24, 2.45) is 11.7 Å². The van der Waals surface area contributed by atoms with E-state index in [0.29, 0.717) is 55.0 Å². The summed E-state index contributed by atoms with van der Waals surface area (Å²) in [4.78, 5) is 13.7. The van der Waals surface area contributed by atoms with Crippen LogP contribution in [0, 0.1) is 11.7 Å². The molecule has 1 saturated heterocycles. The summed E-state index contributed by atoms with van der Waals surface area (Å²) >= 11 is 0. The van der Waals surface area contributed by atoms with Gasteiger partial charge in [0.05, 0.1) is 27.4 Å². The van der Waals surface area contributed by atoms with Crippen molar-refractivity contribution >= 4 is 6.41 Å². The van der Waals surface area contributed by atoms with Gasteiger partial charge in [-0.2, -0.15) is 0 Å². The third-order valence-electron chi connectivity index (χ3n) is 8.39. The van der Waals surface area contributed by atoms with Gasteiger partial charge in [-0.3, -0.25) is 4.79 Å². The van der Waals surface area contributed by atoms with Gasteiger partial charge in [-0.05, 0) is 73.8 Å². The number of rotatable bonds is 12. The molecule has 214 valence electrons. The molecule has 4 rings (SSSR count). The van der Waals surface area contributed by atoms with Crippen LogP contribution in [0.5, 0.6) is 11.5 Å². The number of nitrogens with two attached hydrogens (primary N) is 1. The molecule has 1 aliphatic heterocycles. The van der Waals surface area contributed by atoms with Crippen LogP contribution in [0.25, 0.3) is 11.1 Å². The zero-order valence-corrected chi connectivity index (χ0v) is 23.2. The topological polar surface area (TPSA) is 103 Å². The van der Waals surface area contributed by atoms with Gasteiger partial charge in [0, 0.05) is 37.9 Å². The highest BCUT2D eigenvalue weighted by atomic mass is 19.1. The second kappa shape index (κ2) is 12.6. The van der Waals surface area contributed by atoms with Crippen molar-refractivity contribution in [3.05, 3.63) is 47.8 Å². The minimum absolute atomic E-state index is 0.0329. The minimum Gasteiger partial charge on any atom is -0.497 e. The SMILES string of the molecule is COCCCC[C@@](O)(c1cccc(F)c1-c1cc(OC)cc(OC)c1)[C@@]1([C@@H]2CC[C@H](N)C2)CN(C=O)CCO1. The lowest BCUT2D eigenvalue weighted by atomic mass is 9.65. The Labute approximate surface area is 230 Å². The van der Waals surface area contributed by atoms with E-state index in [2.05, 4.69) is 0 Å². The maximum Gasteiger partial charge on any atom is 0.209 e. The van der Waals surface area contributed by atoms with Gasteiger partial charge in [0.25, 0.3) is 0 Å². The lowest BCUT2D eigenvalue weighted by Crippen LogP contribution is -2.66. The molecule has 9 heteroatoms. The predicted molar refractivity (Wildman–Crippen MR) is 146 cm³/mol. The lowest BCUT2D eigenvalue weighted by molar-refractivity contribution is -0.246. The van der Waals surface area contributed by atoms with E-state index in [0.717, 1.165) is 19.3 Å². The molecule has 1 amide bonds. The first kappa shape index (κ1) is 29.3. The fourth-order valence-corrected chi connectivity index (χ4v) is 6.45. The Bertz CT molecular complexity index is 1110. The van der Waals surface area contributed by atoms with E-state index in [4.69, 9.17) is 24.7 Å². The second-order valence-electron chi connectivity index (χ2n) is 10.7. The molecular formula is C30H41FN2O6. The molecule has 0 unspecified atom stereocenters. The maximum atomic E-state index is 15.9. The smallest absolute Gasteiger partial charge is 0.209 e. The average Bonchev–Trinajstić information content (AvgIpc) is 3.41. The number of aliphatic hydroxyl groups is 1. The molecule has 4 atom stereocenters. The molecule has 2 aliphatic rings. The normalized spacial score (nSPS) is 24.8. The summed E-state index contributed by atoms with van der Waals surface area (Å²) in [6.07, 6.45) is 4.57. The molecule has 8 nitrogen and oxygen atoms in total. The zero-order chi connectivity index (χ0) is 28.0. The molecule has 0 aromatic heterocycles. The number of carbonyl (C=O) groups is 1. The van der Waals surface area contributed by atoms with Crippen LogP contribution < -0.4 is 15.2 Å². The van der Waals surface area contributed by atoms with Crippen LogP contribution in [0.3, 0.4) is 0 Å². The lowest BCUT2D eigenvalue weighted by Gasteiger charge is -2.55. The van der Waals surface area contributed by atoms with Crippen molar-refractivity contribution in [3.63, 3.8) is 0 Å². The van der Waals surface area contributed by atoms with Gasteiger partial charge in [0.2, 0.25) is 6.41 Å². The molecule has 1 heterocycles. The van der Waals surface area contributed by atoms with Gasteiger partial charge < -0.3 is 34.7 Å². The van der Waals surface area contributed by atoms with Crippen LogP contribution in [-0.4, -0.2) is 75.7 Å². The van der Waals surface area contributed by atoms with Gasteiger partial charge in [-0.1, -0.05) is 12.1 Å². The molecule has 0 bridgehead atoms. The average molecular weight is 545 g/mol.